The quantitative estimate of drug-likeness (QED) is 0.662. The fourth-order valence-corrected chi connectivity index (χ4v) is 2.50. The molecule has 2 aromatic carbocycles. The second-order valence-electron chi connectivity index (χ2n) is 7.47. The largest absolute Gasteiger partial charge is 0.494 e. The second-order valence-corrected chi connectivity index (χ2v) is 7.47. The molecule has 0 atom stereocenters. The van der Waals surface area contributed by atoms with E-state index in [0.717, 1.165) is 5.75 Å². The van der Waals surface area contributed by atoms with Gasteiger partial charge >= 0.3 is 6.09 Å². The van der Waals surface area contributed by atoms with Gasteiger partial charge in [-0.25, -0.2) is 4.79 Å². The molecule has 6 nitrogen and oxygen atoms in total. The number of ether oxygens (including phenoxy) is 2. The van der Waals surface area contributed by atoms with Gasteiger partial charge < -0.3 is 14.8 Å². The normalized spacial score (nSPS) is 10.9. The molecule has 0 spiro atoms. The van der Waals surface area contributed by atoms with Gasteiger partial charge in [0.1, 0.15) is 5.75 Å². The Balaban J connectivity index is 1.70. The highest BCUT2D eigenvalue weighted by Gasteiger charge is 2.13. The highest BCUT2D eigenvalue weighted by molar-refractivity contribution is 5.91. The van der Waals surface area contributed by atoms with Crippen molar-refractivity contribution in [3.63, 3.8) is 0 Å². The summed E-state index contributed by atoms with van der Waals surface area (Å²) in [5.41, 5.74) is 2.63. The zero-order chi connectivity index (χ0) is 20.6. The molecule has 0 heterocycles. The van der Waals surface area contributed by atoms with Crippen molar-refractivity contribution in [2.24, 2.45) is 0 Å². The molecule has 6 heteroatoms. The average Bonchev–Trinajstić information content (AvgIpc) is 2.66. The van der Waals surface area contributed by atoms with E-state index in [-0.39, 0.29) is 11.3 Å². The molecule has 0 saturated carbocycles. The lowest BCUT2D eigenvalue weighted by Gasteiger charge is -2.19. The van der Waals surface area contributed by atoms with Crippen LogP contribution in [0.1, 0.15) is 39.2 Å². The van der Waals surface area contributed by atoms with E-state index < -0.39 is 6.09 Å². The maximum absolute atomic E-state index is 12.0. The van der Waals surface area contributed by atoms with Crippen molar-refractivity contribution in [3.8, 4) is 5.75 Å². The van der Waals surface area contributed by atoms with E-state index >= 15 is 0 Å². The summed E-state index contributed by atoms with van der Waals surface area (Å²) in [6.45, 7) is 6.99. The number of nitrogens with one attached hydrogen (secondary N) is 2. The van der Waals surface area contributed by atoms with Crippen LogP contribution in [0.4, 0.5) is 16.2 Å². The molecule has 0 fully saturated rings. The van der Waals surface area contributed by atoms with Crippen LogP contribution in [0.5, 0.6) is 5.75 Å². The molecule has 2 N–H and O–H groups in total. The van der Waals surface area contributed by atoms with Crippen molar-refractivity contribution < 1.29 is 19.1 Å². The lowest BCUT2D eigenvalue weighted by atomic mass is 9.87. The van der Waals surface area contributed by atoms with Gasteiger partial charge in [0.2, 0.25) is 5.91 Å². The van der Waals surface area contributed by atoms with Gasteiger partial charge in [0.15, 0.2) is 0 Å². The van der Waals surface area contributed by atoms with Crippen molar-refractivity contribution in [1.82, 2.24) is 0 Å². The maximum atomic E-state index is 12.0. The van der Waals surface area contributed by atoms with Crippen molar-refractivity contribution in [2.75, 3.05) is 24.4 Å². The Morgan fingerprint density at radius 2 is 1.46 bits per heavy atom. The smallest absolute Gasteiger partial charge is 0.411 e. The van der Waals surface area contributed by atoms with Gasteiger partial charge in [-0.15, -0.1) is 0 Å². The van der Waals surface area contributed by atoms with Crippen LogP contribution in [0.25, 0.3) is 0 Å². The van der Waals surface area contributed by atoms with Crippen LogP contribution in [-0.4, -0.2) is 25.7 Å². The highest BCUT2D eigenvalue weighted by Crippen LogP contribution is 2.24. The SMILES string of the molecule is COC(=O)Nc1ccc(NC(=O)CCCOc2ccc(C(C)(C)C)cc2)cc1. The molecule has 2 rings (SSSR count). The summed E-state index contributed by atoms with van der Waals surface area (Å²) in [5, 5.41) is 5.37. The van der Waals surface area contributed by atoms with Gasteiger partial charge in [0.05, 0.1) is 13.7 Å². The van der Waals surface area contributed by atoms with Crippen LogP contribution < -0.4 is 15.4 Å². The predicted octanol–water partition coefficient (Wildman–Crippen LogP) is 4.96. The summed E-state index contributed by atoms with van der Waals surface area (Å²) < 4.78 is 10.2. The Morgan fingerprint density at radius 1 is 0.893 bits per heavy atom. The first kappa shape index (κ1) is 21.3. The van der Waals surface area contributed by atoms with E-state index in [9.17, 15) is 9.59 Å². The van der Waals surface area contributed by atoms with Crippen LogP contribution in [0, 0.1) is 0 Å². The summed E-state index contributed by atoms with van der Waals surface area (Å²) in [4.78, 5) is 23.2. The number of benzene rings is 2. The highest BCUT2D eigenvalue weighted by atomic mass is 16.5. The minimum absolute atomic E-state index is 0.0830. The molecule has 0 saturated heterocycles. The summed E-state index contributed by atoms with van der Waals surface area (Å²) in [5.74, 6) is 0.725. The first-order chi connectivity index (χ1) is 13.3. The molecule has 0 aromatic heterocycles. The molecule has 0 bridgehead atoms. The molecule has 0 unspecified atom stereocenters. The molecule has 0 radical (unpaired) electrons. The lowest BCUT2D eigenvalue weighted by Crippen LogP contribution is -2.13. The third-order valence-corrected chi connectivity index (χ3v) is 4.14. The van der Waals surface area contributed by atoms with E-state index in [0.29, 0.717) is 30.8 Å². The molecule has 0 aliphatic heterocycles. The Labute approximate surface area is 166 Å². The van der Waals surface area contributed by atoms with E-state index in [1.807, 2.05) is 12.1 Å². The average molecular weight is 384 g/mol. The standard InChI is InChI=1S/C22H28N2O4/c1-22(2,3)16-7-13-19(14-8-16)28-15-5-6-20(25)23-17-9-11-18(12-10-17)24-21(26)27-4/h7-14H,5-6,15H2,1-4H3,(H,23,25)(H,24,26). The van der Waals surface area contributed by atoms with Crippen molar-refractivity contribution in [1.29, 1.82) is 0 Å². The summed E-state index contributed by atoms with van der Waals surface area (Å²) in [6, 6.07) is 14.9. The number of methoxy groups -OCH3 is 1. The Morgan fingerprint density at radius 3 is 2.00 bits per heavy atom. The van der Waals surface area contributed by atoms with Crippen molar-refractivity contribution >= 4 is 23.4 Å². The fourth-order valence-electron chi connectivity index (χ4n) is 2.50. The fraction of sp³-hybridized carbons (Fsp3) is 0.364. The van der Waals surface area contributed by atoms with Crippen LogP contribution in [-0.2, 0) is 14.9 Å². The summed E-state index contributed by atoms with van der Waals surface area (Å²) in [6.07, 6.45) is 0.446. The molecule has 0 aliphatic carbocycles. The second kappa shape index (κ2) is 9.78. The summed E-state index contributed by atoms with van der Waals surface area (Å²) >= 11 is 0. The van der Waals surface area contributed by atoms with Gasteiger partial charge in [0.25, 0.3) is 0 Å². The zero-order valence-electron chi connectivity index (χ0n) is 16.9. The van der Waals surface area contributed by atoms with Crippen LogP contribution >= 0.6 is 0 Å². The number of carbonyl (C=O) groups excluding carboxylic acids is 2. The Kier molecular flexibility index (Phi) is 7.44. The molecule has 0 aliphatic rings. The first-order valence-electron chi connectivity index (χ1n) is 9.26. The zero-order valence-corrected chi connectivity index (χ0v) is 16.9. The third-order valence-electron chi connectivity index (χ3n) is 4.14. The van der Waals surface area contributed by atoms with E-state index in [1.54, 1.807) is 24.3 Å². The number of hydrogen-bond donors (Lipinski definition) is 2. The molecular formula is C22H28N2O4. The number of amides is 2. The Bertz CT molecular complexity index is 778. The molecule has 2 amide bonds. The number of anilines is 2. The number of rotatable bonds is 7. The van der Waals surface area contributed by atoms with E-state index in [2.05, 4.69) is 48.3 Å². The van der Waals surface area contributed by atoms with Gasteiger partial charge in [-0.05, 0) is 53.8 Å². The first-order valence-corrected chi connectivity index (χ1v) is 9.26. The van der Waals surface area contributed by atoms with Crippen molar-refractivity contribution in [3.05, 3.63) is 54.1 Å². The molecule has 150 valence electrons. The maximum Gasteiger partial charge on any atom is 0.411 e. The van der Waals surface area contributed by atoms with Crippen LogP contribution in [0.15, 0.2) is 48.5 Å². The monoisotopic (exact) mass is 384 g/mol. The summed E-state index contributed by atoms with van der Waals surface area (Å²) in [7, 11) is 1.30. The molecular weight excluding hydrogens is 356 g/mol. The van der Waals surface area contributed by atoms with E-state index in [4.69, 9.17) is 4.74 Å². The molecule has 28 heavy (non-hydrogen) atoms. The Hall–Kier alpha value is -3.02. The van der Waals surface area contributed by atoms with Crippen molar-refractivity contribution in [2.45, 2.75) is 39.0 Å². The predicted molar refractivity (Wildman–Crippen MR) is 111 cm³/mol. The minimum atomic E-state index is -0.537. The van der Waals surface area contributed by atoms with Crippen LogP contribution in [0.3, 0.4) is 0 Å². The van der Waals surface area contributed by atoms with E-state index in [1.165, 1.54) is 12.7 Å². The van der Waals surface area contributed by atoms with Gasteiger partial charge in [-0.3, -0.25) is 10.1 Å². The van der Waals surface area contributed by atoms with Gasteiger partial charge in [-0.1, -0.05) is 32.9 Å². The number of hydrogen-bond acceptors (Lipinski definition) is 4. The minimum Gasteiger partial charge on any atom is -0.494 e. The third kappa shape index (κ3) is 6.95. The lowest BCUT2D eigenvalue weighted by molar-refractivity contribution is -0.116. The molecule has 2 aromatic rings. The van der Waals surface area contributed by atoms with Gasteiger partial charge in [-0.2, -0.15) is 0 Å². The topological polar surface area (TPSA) is 76.7 Å². The van der Waals surface area contributed by atoms with Gasteiger partial charge in [0, 0.05) is 17.8 Å². The van der Waals surface area contributed by atoms with Crippen LogP contribution in [0.2, 0.25) is 0 Å². The number of carbonyl (C=O) groups is 2.